The van der Waals surface area contributed by atoms with Crippen LogP contribution in [0.3, 0.4) is 0 Å². The molecule has 1 aromatic carbocycles. The lowest BCUT2D eigenvalue weighted by molar-refractivity contribution is -0.130. The number of nitrogens with zero attached hydrogens (tertiary/aromatic N) is 4. The third-order valence-corrected chi connectivity index (χ3v) is 6.23. The molecule has 192 valence electrons. The quantitative estimate of drug-likeness (QED) is 0.595. The molecule has 0 spiro atoms. The van der Waals surface area contributed by atoms with Gasteiger partial charge in [0, 0.05) is 31.3 Å². The highest BCUT2D eigenvalue weighted by atomic mass is 16.5. The minimum Gasteiger partial charge on any atom is -0.472 e. The van der Waals surface area contributed by atoms with E-state index in [4.69, 9.17) is 4.74 Å². The first kappa shape index (κ1) is 27.2. The Bertz CT molecular complexity index is 1110. The van der Waals surface area contributed by atoms with Crippen molar-refractivity contribution in [2.45, 2.75) is 32.4 Å². The first-order valence-corrected chi connectivity index (χ1v) is 12.2. The van der Waals surface area contributed by atoms with Crippen molar-refractivity contribution in [1.82, 2.24) is 19.7 Å². The average Bonchev–Trinajstić information content (AvgIpc) is 2.86. The topological polar surface area (TPSA) is 86.2 Å². The van der Waals surface area contributed by atoms with Crippen LogP contribution >= 0.6 is 0 Å². The van der Waals surface area contributed by atoms with E-state index in [1.807, 2.05) is 63.2 Å². The van der Waals surface area contributed by atoms with Crippen molar-refractivity contribution < 1.29 is 19.4 Å². The van der Waals surface area contributed by atoms with E-state index in [0.29, 0.717) is 37.2 Å². The smallest absolute Gasteiger partial charge is 0.259 e. The molecule has 3 rings (SSSR count). The Morgan fingerprint density at radius 3 is 2.67 bits per heavy atom. The number of carbonyl (C=O) groups is 2. The fourth-order valence-electron chi connectivity index (χ4n) is 3.97. The summed E-state index contributed by atoms with van der Waals surface area (Å²) in [6.07, 6.45) is 1.50. The first-order chi connectivity index (χ1) is 17.2. The number of hydrogen-bond acceptors (Lipinski definition) is 6. The fraction of sp³-hybridized carbons (Fsp3) is 0.464. The molecule has 0 saturated heterocycles. The lowest BCUT2D eigenvalue weighted by Crippen LogP contribution is -2.50. The van der Waals surface area contributed by atoms with Gasteiger partial charge in [-0.3, -0.25) is 14.5 Å². The number of rotatable bonds is 7. The summed E-state index contributed by atoms with van der Waals surface area (Å²) in [7, 11) is 5.63. The summed E-state index contributed by atoms with van der Waals surface area (Å²) in [5, 5.41) is 9.83. The van der Waals surface area contributed by atoms with Gasteiger partial charge in [0.1, 0.15) is 11.7 Å². The van der Waals surface area contributed by atoms with Crippen molar-refractivity contribution in [3.05, 3.63) is 59.3 Å². The second-order valence-electron chi connectivity index (χ2n) is 9.68. The van der Waals surface area contributed by atoms with Crippen LogP contribution in [0.1, 0.15) is 35.3 Å². The molecule has 0 saturated carbocycles. The van der Waals surface area contributed by atoms with E-state index in [-0.39, 0.29) is 36.3 Å². The van der Waals surface area contributed by atoms with Crippen LogP contribution in [0.15, 0.2) is 42.6 Å². The molecule has 36 heavy (non-hydrogen) atoms. The van der Waals surface area contributed by atoms with Crippen LogP contribution in [0.4, 0.5) is 0 Å². The summed E-state index contributed by atoms with van der Waals surface area (Å²) >= 11 is 0. The van der Waals surface area contributed by atoms with Crippen molar-refractivity contribution in [2.24, 2.45) is 5.92 Å². The van der Waals surface area contributed by atoms with Crippen LogP contribution in [0.25, 0.3) is 0 Å². The van der Waals surface area contributed by atoms with Crippen molar-refractivity contribution in [2.75, 3.05) is 47.4 Å². The van der Waals surface area contributed by atoms with Crippen molar-refractivity contribution >= 4 is 11.8 Å². The molecular formula is C28H36N4O4. The maximum Gasteiger partial charge on any atom is 0.259 e. The van der Waals surface area contributed by atoms with E-state index >= 15 is 0 Å². The number of amides is 2. The standard InChI is InChI=1S/C28H36N4O4/c1-20-17-32(21(2)19-33)28(35)24-14-23(12-9-13-30(3)4)16-29-27(24)36-25(20)18-31(5)26(34)15-22-10-7-6-8-11-22/h6-8,10-11,14,16,20-21,25,33H,13,15,17-19H2,1-5H3/t20-,21+,25-/m0/s1. The summed E-state index contributed by atoms with van der Waals surface area (Å²) in [5.41, 5.74) is 1.87. The number of aliphatic hydroxyl groups excluding tert-OH is 1. The molecule has 2 amide bonds. The molecule has 0 aliphatic carbocycles. The number of pyridine rings is 1. The summed E-state index contributed by atoms with van der Waals surface area (Å²) in [6.45, 7) is 4.93. The number of hydrogen-bond donors (Lipinski definition) is 1. The Morgan fingerprint density at radius 2 is 2.00 bits per heavy atom. The summed E-state index contributed by atoms with van der Waals surface area (Å²) in [4.78, 5) is 36.1. The van der Waals surface area contributed by atoms with Gasteiger partial charge in [0.2, 0.25) is 11.8 Å². The Labute approximate surface area is 213 Å². The molecule has 8 nitrogen and oxygen atoms in total. The van der Waals surface area contributed by atoms with Gasteiger partial charge < -0.3 is 19.6 Å². The summed E-state index contributed by atoms with van der Waals surface area (Å²) in [6, 6.07) is 10.9. The zero-order valence-corrected chi connectivity index (χ0v) is 21.8. The van der Waals surface area contributed by atoms with Gasteiger partial charge in [-0.05, 0) is 32.6 Å². The molecule has 1 aliphatic heterocycles. The third-order valence-electron chi connectivity index (χ3n) is 6.23. The zero-order valence-electron chi connectivity index (χ0n) is 21.8. The molecule has 1 aromatic heterocycles. The monoisotopic (exact) mass is 492 g/mol. The lowest BCUT2D eigenvalue weighted by atomic mass is 9.99. The number of aromatic nitrogens is 1. The number of likely N-dealkylation sites (N-methyl/N-ethyl adjacent to an activating group) is 1. The molecule has 8 heteroatoms. The van der Waals surface area contributed by atoms with Gasteiger partial charge in [0.05, 0.1) is 32.2 Å². The summed E-state index contributed by atoms with van der Waals surface area (Å²) in [5.74, 6) is 5.94. The molecule has 1 aliphatic rings. The van der Waals surface area contributed by atoms with E-state index in [9.17, 15) is 14.7 Å². The van der Waals surface area contributed by atoms with Crippen molar-refractivity contribution in [3.63, 3.8) is 0 Å². The molecule has 2 aromatic rings. The molecule has 2 heterocycles. The normalized spacial score (nSPS) is 18.3. The number of carbonyl (C=O) groups excluding carboxylic acids is 2. The first-order valence-electron chi connectivity index (χ1n) is 12.2. The van der Waals surface area contributed by atoms with Crippen LogP contribution in [0.5, 0.6) is 5.88 Å². The molecule has 0 fully saturated rings. The minimum absolute atomic E-state index is 0.0181. The Morgan fingerprint density at radius 1 is 1.28 bits per heavy atom. The van der Waals surface area contributed by atoms with Gasteiger partial charge in [0.15, 0.2) is 0 Å². The van der Waals surface area contributed by atoms with Gasteiger partial charge in [-0.25, -0.2) is 4.98 Å². The van der Waals surface area contributed by atoms with E-state index < -0.39 is 6.10 Å². The number of fused-ring (bicyclic) bond motifs is 1. The third kappa shape index (κ3) is 7.06. The fourth-order valence-corrected chi connectivity index (χ4v) is 3.97. The van der Waals surface area contributed by atoms with E-state index in [2.05, 4.69) is 16.8 Å². The zero-order chi connectivity index (χ0) is 26.2. The van der Waals surface area contributed by atoms with E-state index in [0.717, 1.165) is 5.56 Å². The van der Waals surface area contributed by atoms with Crippen molar-refractivity contribution in [3.8, 4) is 17.7 Å². The number of benzene rings is 1. The van der Waals surface area contributed by atoms with Gasteiger partial charge >= 0.3 is 0 Å². The predicted octanol–water partition coefficient (Wildman–Crippen LogP) is 1.92. The van der Waals surface area contributed by atoms with Gasteiger partial charge in [-0.2, -0.15) is 0 Å². The number of aliphatic hydroxyl groups is 1. The van der Waals surface area contributed by atoms with Crippen LogP contribution < -0.4 is 4.74 Å². The number of ether oxygens (including phenoxy) is 1. The van der Waals surface area contributed by atoms with Crippen LogP contribution in [0.2, 0.25) is 0 Å². The molecule has 0 unspecified atom stereocenters. The van der Waals surface area contributed by atoms with Gasteiger partial charge in [0.25, 0.3) is 5.91 Å². The Kier molecular flexibility index (Phi) is 9.45. The van der Waals surface area contributed by atoms with Crippen molar-refractivity contribution in [1.29, 1.82) is 0 Å². The maximum atomic E-state index is 13.5. The molecule has 1 N–H and O–H groups in total. The predicted molar refractivity (Wildman–Crippen MR) is 139 cm³/mol. The molecule has 0 radical (unpaired) electrons. The van der Waals surface area contributed by atoms with E-state index in [1.165, 1.54) is 0 Å². The largest absolute Gasteiger partial charge is 0.472 e. The van der Waals surface area contributed by atoms with Gasteiger partial charge in [-0.15, -0.1) is 0 Å². The second-order valence-corrected chi connectivity index (χ2v) is 9.68. The Hall–Kier alpha value is -3.41. The van der Waals surface area contributed by atoms with Crippen LogP contribution in [-0.4, -0.2) is 96.1 Å². The van der Waals surface area contributed by atoms with Crippen LogP contribution in [-0.2, 0) is 11.2 Å². The molecule has 0 bridgehead atoms. The summed E-state index contributed by atoms with van der Waals surface area (Å²) < 4.78 is 6.28. The maximum absolute atomic E-state index is 13.5. The highest BCUT2D eigenvalue weighted by Gasteiger charge is 2.34. The SMILES string of the molecule is C[C@H](CO)N1C[C@H](C)[C@H](CN(C)C(=O)Cc2ccccc2)Oc2ncc(C#CCN(C)C)cc2C1=O. The Balaban J connectivity index is 1.87. The average molecular weight is 493 g/mol. The van der Waals surface area contributed by atoms with Crippen LogP contribution in [0, 0.1) is 17.8 Å². The van der Waals surface area contributed by atoms with E-state index in [1.54, 1.807) is 29.1 Å². The van der Waals surface area contributed by atoms with Gasteiger partial charge in [-0.1, -0.05) is 49.1 Å². The minimum atomic E-state index is -0.395. The second kappa shape index (κ2) is 12.5. The highest BCUT2D eigenvalue weighted by molar-refractivity contribution is 5.97. The molecular weight excluding hydrogens is 456 g/mol. The lowest BCUT2D eigenvalue weighted by Gasteiger charge is -2.37. The molecule has 3 atom stereocenters. The highest BCUT2D eigenvalue weighted by Crippen LogP contribution is 2.27.